The van der Waals surface area contributed by atoms with Crippen LogP contribution in [0, 0.1) is 10.1 Å². The van der Waals surface area contributed by atoms with E-state index in [-0.39, 0.29) is 30.0 Å². The summed E-state index contributed by atoms with van der Waals surface area (Å²) in [6, 6.07) is 12.8. The van der Waals surface area contributed by atoms with Gasteiger partial charge >= 0.3 is 11.9 Å². The van der Waals surface area contributed by atoms with E-state index in [1.54, 1.807) is 62.5 Å². The van der Waals surface area contributed by atoms with Gasteiger partial charge in [-0.05, 0) is 43.7 Å². The summed E-state index contributed by atoms with van der Waals surface area (Å²) in [5.74, 6) is -1.37. The predicted molar refractivity (Wildman–Crippen MR) is 121 cm³/mol. The molecule has 1 heterocycles. The maximum absolute atomic E-state index is 12.9. The van der Waals surface area contributed by atoms with E-state index in [0.717, 1.165) is 0 Å². The van der Waals surface area contributed by atoms with Crippen molar-refractivity contribution in [1.29, 1.82) is 0 Å². The second-order valence-corrected chi connectivity index (χ2v) is 7.00. The number of hydrogen-bond acceptors (Lipinski definition) is 8. The molecule has 0 fully saturated rings. The van der Waals surface area contributed by atoms with Crippen molar-refractivity contribution < 1.29 is 28.7 Å². The van der Waals surface area contributed by atoms with Gasteiger partial charge in [-0.2, -0.15) is 0 Å². The molecule has 0 atom stereocenters. The monoisotopic (exact) mass is 452 g/mol. The van der Waals surface area contributed by atoms with Crippen molar-refractivity contribution >= 4 is 23.3 Å². The Morgan fingerprint density at radius 3 is 1.85 bits per heavy atom. The van der Waals surface area contributed by atoms with Crippen molar-refractivity contribution in [2.24, 2.45) is 0 Å². The van der Waals surface area contributed by atoms with Crippen LogP contribution in [0.5, 0.6) is 5.75 Å². The number of carbonyl (C=O) groups excluding carboxylic acids is 2. The number of anilines is 1. The van der Waals surface area contributed by atoms with Gasteiger partial charge in [-0.3, -0.25) is 10.1 Å². The minimum Gasteiger partial charge on any atom is -0.497 e. The zero-order valence-corrected chi connectivity index (χ0v) is 18.5. The lowest BCUT2D eigenvalue weighted by molar-refractivity contribution is -0.384. The van der Waals surface area contributed by atoms with Crippen LogP contribution in [0.15, 0.2) is 72.1 Å². The molecule has 0 saturated heterocycles. The predicted octanol–water partition coefficient (Wildman–Crippen LogP) is 4.10. The lowest BCUT2D eigenvalue weighted by atomic mass is 9.83. The van der Waals surface area contributed by atoms with Gasteiger partial charge in [-0.1, -0.05) is 12.1 Å². The summed E-state index contributed by atoms with van der Waals surface area (Å²) in [7, 11) is 1.56. The number of methoxy groups -OCH3 is 1. The summed E-state index contributed by atoms with van der Waals surface area (Å²) in [4.78, 5) is 38.1. The lowest BCUT2D eigenvalue weighted by Gasteiger charge is -2.30. The number of non-ortho nitro benzene ring substituents is 1. The van der Waals surface area contributed by atoms with Crippen molar-refractivity contribution in [3.8, 4) is 5.75 Å². The van der Waals surface area contributed by atoms with Crippen molar-refractivity contribution in [3.05, 3.63) is 87.8 Å². The Balaban J connectivity index is 2.14. The molecular formula is C24H24N2O7. The van der Waals surface area contributed by atoms with Crippen LogP contribution >= 0.6 is 0 Å². The number of hydrogen-bond donors (Lipinski definition) is 0. The molecule has 33 heavy (non-hydrogen) atoms. The highest BCUT2D eigenvalue weighted by atomic mass is 16.6. The third-order valence-electron chi connectivity index (χ3n) is 5.01. The molecule has 9 heteroatoms. The number of carbonyl (C=O) groups is 2. The molecule has 0 spiro atoms. The zero-order chi connectivity index (χ0) is 24.0. The van der Waals surface area contributed by atoms with Crippen LogP contribution in [0.25, 0.3) is 0 Å². The second-order valence-electron chi connectivity index (χ2n) is 7.00. The third kappa shape index (κ3) is 5.20. The van der Waals surface area contributed by atoms with E-state index in [1.807, 2.05) is 0 Å². The lowest BCUT2D eigenvalue weighted by Crippen LogP contribution is -2.29. The Bertz CT molecular complexity index is 1050. The van der Waals surface area contributed by atoms with E-state index >= 15 is 0 Å². The van der Waals surface area contributed by atoms with Gasteiger partial charge in [-0.15, -0.1) is 0 Å². The Kier molecular flexibility index (Phi) is 7.45. The molecule has 0 amide bonds. The highest BCUT2D eigenvalue weighted by molar-refractivity contribution is 6.00. The molecule has 2 aromatic carbocycles. The number of nitro benzene ring substituents is 1. The maximum atomic E-state index is 12.9. The van der Waals surface area contributed by atoms with Crippen molar-refractivity contribution in [2.75, 3.05) is 25.2 Å². The van der Waals surface area contributed by atoms with Crippen LogP contribution in [-0.4, -0.2) is 37.2 Å². The fraction of sp³-hybridized carbons (Fsp3) is 0.250. The van der Waals surface area contributed by atoms with E-state index < -0.39 is 22.8 Å². The highest BCUT2D eigenvalue weighted by Crippen LogP contribution is 2.39. The quantitative estimate of drug-likeness (QED) is 0.335. The molecule has 0 saturated carbocycles. The first-order valence-electron chi connectivity index (χ1n) is 10.3. The van der Waals surface area contributed by atoms with E-state index in [4.69, 9.17) is 14.2 Å². The molecule has 3 rings (SSSR count). The number of nitro groups is 1. The first-order chi connectivity index (χ1) is 15.9. The SMILES string of the molecule is CCOC(=O)C1=CN(c2ccc(OC)cc2)C=C(C(=O)OCC)C1c1ccc([N+](=O)[O-])cc1. The molecule has 0 N–H and O–H groups in total. The third-order valence-corrected chi connectivity index (χ3v) is 5.01. The maximum Gasteiger partial charge on any atom is 0.336 e. The number of benzene rings is 2. The van der Waals surface area contributed by atoms with Gasteiger partial charge in [0.2, 0.25) is 0 Å². The van der Waals surface area contributed by atoms with Gasteiger partial charge in [0.1, 0.15) is 5.75 Å². The molecule has 1 aliphatic heterocycles. The van der Waals surface area contributed by atoms with Gasteiger partial charge in [0.25, 0.3) is 5.69 Å². The number of ether oxygens (including phenoxy) is 3. The largest absolute Gasteiger partial charge is 0.497 e. The fourth-order valence-corrected chi connectivity index (χ4v) is 3.47. The van der Waals surface area contributed by atoms with Crippen LogP contribution in [-0.2, 0) is 19.1 Å². The first-order valence-corrected chi connectivity index (χ1v) is 10.3. The molecule has 0 aliphatic carbocycles. The summed E-state index contributed by atoms with van der Waals surface area (Å²) in [6.45, 7) is 3.66. The topological polar surface area (TPSA) is 108 Å². The minimum atomic E-state index is -0.821. The highest BCUT2D eigenvalue weighted by Gasteiger charge is 2.36. The molecule has 9 nitrogen and oxygen atoms in total. The van der Waals surface area contributed by atoms with Crippen molar-refractivity contribution in [1.82, 2.24) is 0 Å². The fourth-order valence-electron chi connectivity index (χ4n) is 3.47. The Labute approximate surface area is 191 Å². The second kappa shape index (κ2) is 10.4. The summed E-state index contributed by atoms with van der Waals surface area (Å²) in [6.07, 6.45) is 3.18. The average Bonchev–Trinajstić information content (AvgIpc) is 2.83. The van der Waals surface area contributed by atoms with E-state index in [2.05, 4.69) is 0 Å². The molecule has 0 aromatic heterocycles. The Hall–Kier alpha value is -4.14. The number of rotatable bonds is 8. The smallest absolute Gasteiger partial charge is 0.336 e. The van der Waals surface area contributed by atoms with Crippen LogP contribution in [0.4, 0.5) is 11.4 Å². The number of esters is 2. The molecule has 172 valence electrons. The van der Waals surface area contributed by atoms with Crippen LogP contribution in [0.3, 0.4) is 0 Å². The van der Waals surface area contributed by atoms with Crippen LogP contribution < -0.4 is 9.64 Å². The molecule has 0 unspecified atom stereocenters. The normalized spacial score (nSPS) is 13.6. The van der Waals surface area contributed by atoms with Crippen molar-refractivity contribution in [3.63, 3.8) is 0 Å². The summed E-state index contributed by atoms with van der Waals surface area (Å²) in [5, 5.41) is 11.1. The summed E-state index contributed by atoms with van der Waals surface area (Å²) in [5.41, 5.74) is 1.51. The summed E-state index contributed by atoms with van der Waals surface area (Å²) < 4.78 is 15.7. The van der Waals surface area contributed by atoms with Gasteiger partial charge in [0.15, 0.2) is 0 Å². The zero-order valence-electron chi connectivity index (χ0n) is 18.5. The average molecular weight is 452 g/mol. The molecule has 1 aliphatic rings. The van der Waals surface area contributed by atoms with Gasteiger partial charge in [-0.25, -0.2) is 9.59 Å². The van der Waals surface area contributed by atoms with Crippen LogP contribution in [0.1, 0.15) is 25.3 Å². The van der Waals surface area contributed by atoms with E-state index in [9.17, 15) is 19.7 Å². The first kappa shape index (κ1) is 23.5. The molecule has 0 radical (unpaired) electrons. The van der Waals surface area contributed by atoms with Gasteiger partial charge < -0.3 is 19.1 Å². The molecule has 0 bridgehead atoms. The van der Waals surface area contributed by atoms with Crippen molar-refractivity contribution in [2.45, 2.75) is 19.8 Å². The van der Waals surface area contributed by atoms with Gasteiger partial charge in [0.05, 0.1) is 42.3 Å². The summed E-state index contributed by atoms with van der Waals surface area (Å²) >= 11 is 0. The van der Waals surface area contributed by atoms with E-state index in [1.165, 1.54) is 24.3 Å². The Morgan fingerprint density at radius 2 is 1.42 bits per heavy atom. The molecule has 2 aromatic rings. The Morgan fingerprint density at radius 1 is 0.909 bits per heavy atom. The van der Waals surface area contributed by atoms with E-state index in [0.29, 0.717) is 17.0 Å². The minimum absolute atomic E-state index is 0.0993. The van der Waals surface area contributed by atoms with Crippen LogP contribution in [0.2, 0.25) is 0 Å². The standard InChI is InChI=1S/C24H24N2O7/c1-4-32-23(27)20-14-25(17-10-12-19(31-3)13-11-17)15-21(24(28)33-5-2)22(20)16-6-8-18(9-7-16)26(29)30/h6-15,22H,4-5H2,1-3H3. The van der Waals surface area contributed by atoms with Gasteiger partial charge in [0, 0.05) is 30.2 Å². The number of nitrogens with zero attached hydrogens (tertiary/aromatic N) is 2. The molecular weight excluding hydrogens is 428 g/mol.